The summed E-state index contributed by atoms with van der Waals surface area (Å²) in [5.74, 6) is 0.752. The average Bonchev–Trinajstić information content (AvgIpc) is 3.16. The van der Waals surface area contributed by atoms with Gasteiger partial charge in [0.1, 0.15) is 0 Å². The maximum Gasteiger partial charge on any atom is 0.224 e. The number of benzene rings is 2. The van der Waals surface area contributed by atoms with Crippen LogP contribution < -0.4 is 16.0 Å². The van der Waals surface area contributed by atoms with Crippen LogP contribution in [-0.2, 0) is 4.79 Å². The van der Waals surface area contributed by atoms with E-state index in [1.54, 1.807) is 0 Å². The van der Waals surface area contributed by atoms with E-state index in [-0.39, 0.29) is 24.4 Å². The van der Waals surface area contributed by atoms with Crippen LogP contribution in [0.2, 0.25) is 0 Å². The number of rotatable bonds is 7. The van der Waals surface area contributed by atoms with Gasteiger partial charge in [0.25, 0.3) is 0 Å². The molecule has 1 saturated heterocycles. The first kappa shape index (κ1) is 20.3. The van der Waals surface area contributed by atoms with Crippen LogP contribution in [0.5, 0.6) is 0 Å². The molecule has 26 heavy (non-hydrogen) atoms. The van der Waals surface area contributed by atoms with Crippen molar-refractivity contribution in [3.8, 4) is 0 Å². The van der Waals surface area contributed by atoms with E-state index in [1.165, 1.54) is 12.0 Å². The molecule has 0 aromatic heterocycles. The Balaban J connectivity index is 0.00000243. The number of halogens is 1. The monoisotopic (exact) mass is 373 g/mol. The molecule has 1 amide bonds. The molecule has 1 aliphatic rings. The van der Waals surface area contributed by atoms with Crippen molar-refractivity contribution >= 4 is 29.7 Å². The van der Waals surface area contributed by atoms with Crippen LogP contribution in [0.25, 0.3) is 0 Å². The van der Waals surface area contributed by atoms with Gasteiger partial charge >= 0.3 is 0 Å². The second-order valence-corrected chi connectivity index (χ2v) is 6.80. The van der Waals surface area contributed by atoms with E-state index < -0.39 is 0 Å². The fraction of sp³-hybridized carbons (Fsp3) is 0.381. The van der Waals surface area contributed by atoms with Gasteiger partial charge in [-0.05, 0) is 68.6 Å². The summed E-state index contributed by atoms with van der Waals surface area (Å²) >= 11 is 0. The minimum Gasteiger partial charge on any atom is -0.379 e. The molecular weight excluding hydrogens is 346 g/mol. The van der Waals surface area contributed by atoms with Gasteiger partial charge in [0.15, 0.2) is 0 Å². The number of amides is 1. The van der Waals surface area contributed by atoms with Gasteiger partial charge in [-0.2, -0.15) is 0 Å². The van der Waals surface area contributed by atoms with Gasteiger partial charge in [-0.15, -0.1) is 12.4 Å². The highest BCUT2D eigenvalue weighted by Gasteiger charge is 2.15. The molecular formula is C21H28ClN3O. The van der Waals surface area contributed by atoms with Crippen molar-refractivity contribution in [2.24, 2.45) is 5.92 Å². The van der Waals surface area contributed by atoms with E-state index in [2.05, 4.69) is 35.0 Å². The van der Waals surface area contributed by atoms with Crippen LogP contribution in [-0.4, -0.2) is 19.0 Å². The summed E-state index contributed by atoms with van der Waals surface area (Å²) in [7, 11) is 0. The predicted octanol–water partition coefficient (Wildman–Crippen LogP) is 4.61. The minimum absolute atomic E-state index is 0. The molecule has 0 radical (unpaired) electrons. The highest BCUT2D eigenvalue weighted by molar-refractivity contribution is 5.90. The Bertz CT molecular complexity index is 669. The van der Waals surface area contributed by atoms with Gasteiger partial charge < -0.3 is 16.0 Å². The number of carbonyl (C=O) groups excluding carboxylic acids is 1. The maximum absolute atomic E-state index is 12.1. The average molecular weight is 374 g/mol. The zero-order valence-corrected chi connectivity index (χ0v) is 16.0. The molecule has 1 heterocycles. The van der Waals surface area contributed by atoms with E-state index in [1.807, 2.05) is 42.5 Å². The number of hydrogen-bond donors (Lipinski definition) is 3. The van der Waals surface area contributed by atoms with Crippen LogP contribution in [0.1, 0.15) is 37.8 Å². The lowest BCUT2D eigenvalue weighted by molar-refractivity contribution is -0.116. The van der Waals surface area contributed by atoms with Crippen molar-refractivity contribution in [1.29, 1.82) is 0 Å². The number of nitrogens with one attached hydrogen (secondary N) is 3. The van der Waals surface area contributed by atoms with E-state index in [4.69, 9.17) is 0 Å². The van der Waals surface area contributed by atoms with E-state index >= 15 is 0 Å². The second-order valence-electron chi connectivity index (χ2n) is 6.80. The van der Waals surface area contributed by atoms with Gasteiger partial charge in [-0.3, -0.25) is 4.79 Å². The Hall–Kier alpha value is -2.04. The van der Waals surface area contributed by atoms with Crippen molar-refractivity contribution in [3.05, 3.63) is 60.2 Å². The zero-order chi connectivity index (χ0) is 17.5. The Kier molecular flexibility index (Phi) is 7.95. The molecule has 0 bridgehead atoms. The lowest BCUT2D eigenvalue weighted by Crippen LogP contribution is -2.15. The molecule has 4 nitrogen and oxygen atoms in total. The molecule has 0 aliphatic carbocycles. The SMILES string of the molecule is CC(Nc1ccc(NC(=O)CCC2CCNC2)cc1)c1ccccc1.Cl. The third-order valence-corrected chi connectivity index (χ3v) is 4.79. The zero-order valence-electron chi connectivity index (χ0n) is 15.2. The van der Waals surface area contributed by atoms with Crippen molar-refractivity contribution in [2.75, 3.05) is 23.7 Å². The molecule has 3 rings (SSSR count). The van der Waals surface area contributed by atoms with Gasteiger partial charge in [0.05, 0.1) is 0 Å². The van der Waals surface area contributed by atoms with Crippen molar-refractivity contribution in [3.63, 3.8) is 0 Å². The summed E-state index contributed by atoms with van der Waals surface area (Å²) in [5.41, 5.74) is 3.15. The van der Waals surface area contributed by atoms with Gasteiger partial charge in [0, 0.05) is 23.8 Å². The highest BCUT2D eigenvalue weighted by Crippen LogP contribution is 2.21. The van der Waals surface area contributed by atoms with Crippen molar-refractivity contribution in [2.45, 2.75) is 32.2 Å². The summed E-state index contributed by atoms with van der Waals surface area (Å²) in [5, 5.41) is 9.81. The van der Waals surface area contributed by atoms with Crippen molar-refractivity contribution < 1.29 is 4.79 Å². The molecule has 3 N–H and O–H groups in total. The molecule has 2 unspecified atom stereocenters. The first-order chi connectivity index (χ1) is 12.2. The molecule has 0 spiro atoms. The van der Waals surface area contributed by atoms with Crippen LogP contribution in [0.4, 0.5) is 11.4 Å². The summed E-state index contributed by atoms with van der Waals surface area (Å²) in [6.07, 6.45) is 2.75. The Morgan fingerprint density at radius 1 is 1.12 bits per heavy atom. The van der Waals surface area contributed by atoms with Crippen LogP contribution in [0.15, 0.2) is 54.6 Å². The fourth-order valence-corrected chi connectivity index (χ4v) is 3.24. The van der Waals surface area contributed by atoms with E-state index in [9.17, 15) is 4.79 Å². The molecule has 140 valence electrons. The summed E-state index contributed by atoms with van der Waals surface area (Å²) in [4.78, 5) is 12.1. The Morgan fingerprint density at radius 2 is 1.81 bits per heavy atom. The maximum atomic E-state index is 12.1. The van der Waals surface area contributed by atoms with Crippen LogP contribution in [0, 0.1) is 5.92 Å². The van der Waals surface area contributed by atoms with E-state index in [0.29, 0.717) is 12.3 Å². The third-order valence-electron chi connectivity index (χ3n) is 4.79. The first-order valence-electron chi connectivity index (χ1n) is 9.13. The lowest BCUT2D eigenvalue weighted by atomic mass is 10.0. The van der Waals surface area contributed by atoms with E-state index in [0.717, 1.165) is 30.9 Å². The summed E-state index contributed by atoms with van der Waals surface area (Å²) < 4.78 is 0. The van der Waals surface area contributed by atoms with Gasteiger partial charge in [-0.1, -0.05) is 30.3 Å². The third kappa shape index (κ3) is 6.04. The Labute approximate surface area is 162 Å². The second kappa shape index (κ2) is 10.2. The predicted molar refractivity (Wildman–Crippen MR) is 111 cm³/mol. The van der Waals surface area contributed by atoms with Crippen LogP contribution in [0.3, 0.4) is 0 Å². The topological polar surface area (TPSA) is 53.2 Å². The molecule has 0 saturated carbocycles. The molecule has 5 heteroatoms. The Morgan fingerprint density at radius 3 is 2.46 bits per heavy atom. The quantitative estimate of drug-likeness (QED) is 0.664. The standard InChI is InChI=1S/C21H27N3O.ClH/c1-16(18-5-3-2-4-6-18)23-19-8-10-20(11-9-19)24-21(25)12-7-17-13-14-22-15-17;/h2-6,8-11,16-17,22-23H,7,12-15H2,1H3,(H,24,25);1H. The number of anilines is 2. The molecule has 1 fully saturated rings. The summed E-state index contributed by atoms with van der Waals surface area (Å²) in [6, 6.07) is 18.5. The molecule has 2 aromatic carbocycles. The van der Waals surface area contributed by atoms with Crippen LogP contribution >= 0.6 is 12.4 Å². The van der Waals surface area contributed by atoms with Gasteiger partial charge in [-0.25, -0.2) is 0 Å². The number of carbonyl (C=O) groups is 1. The number of hydrogen-bond acceptors (Lipinski definition) is 3. The lowest BCUT2D eigenvalue weighted by Gasteiger charge is -2.16. The summed E-state index contributed by atoms with van der Waals surface area (Å²) in [6.45, 7) is 4.28. The molecule has 1 aliphatic heterocycles. The minimum atomic E-state index is 0. The van der Waals surface area contributed by atoms with Gasteiger partial charge in [0.2, 0.25) is 5.91 Å². The molecule has 2 atom stereocenters. The largest absolute Gasteiger partial charge is 0.379 e. The molecule has 2 aromatic rings. The smallest absolute Gasteiger partial charge is 0.224 e. The normalized spacial score (nSPS) is 17.2. The fourth-order valence-electron chi connectivity index (χ4n) is 3.24. The van der Waals surface area contributed by atoms with Crippen molar-refractivity contribution in [1.82, 2.24) is 5.32 Å². The highest BCUT2D eigenvalue weighted by atomic mass is 35.5. The first-order valence-corrected chi connectivity index (χ1v) is 9.13.